The van der Waals surface area contributed by atoms with Crippen molar-refractivity contribution in [2.24, 2.45) is 0 Å². The van der Waals surface area contributed by atoms with Crippen molar-refractivity contribution in [1.29, 1.82) is 0 Å². The first-order valence-electron chi connectivity index (χ1n) is 7.40. The Morgan fingerprint density at radius 3 is 2.50 bits per heavy atom. The third kappa shape index (κ3) is 3.23. The molecule has 3 rings (SSSR count). The third-order valence-electron chi connectivity index (χ3n) is 3.91. The average molecular weight is 327 g/mol. The molecule has 2 aromatic rings. The van der Waals surface area contributed by atoms with Crippen LogP contribution in [-0.2, 0) is 11.2 Å². The van der Waals surface area contributed by atoms with Crippen LogP contribution in [0.2, 0.25) is 0 Å². The van der Waals surface area contributed by atoms with Gasteiger partial charge >= 0.3 is 6.18 Å². The zero-order valence-corrected chi connectivity index (χ0v) is 12.7. The van der Waals surface area contributed by atoms with Crippen molar-refractivity contribution < 1.29 is 18.0 Å². The number of halogens is 3. The number of nitrogens with zero attached hydrogens (tertiary/aromatic N) is 1. The Labute approximate surface area is 139 Å². The number of anilines is 1. The van der Waals surface area contributed by atoms with Crippen molar-refractivity contribution in [1.82, 2.24) is 0 Å². The molecule has 0 bridgehead atoms. The molecule has 0 atom stereocenters. The first kappa shape index (κ1) is 16.4. The molecule has 2 aromatic carbocycles. The van der Waals surface area contributed by atoms with E-state index in [0.717, 1.165) is 11.3 Å². The Morgan fingerprint density at radius 2 is 1.83 bits per heavy atom. The number of fused-ring (bicyclic) bond motifs is 1. The summed E-state index contributed by atoms with van der Waals surface area (Å²) in [6, 6.07) is 13.1. The molecule has 0 aromatic heterocycles. The van der Waals surface area contributed by atoms with Gasteiger partial charge in [-0.3, -0.25) is 4.79 Å². The quantitative estimate of drug-likeness (QED) is 0.638. The molecule has 0 aliphatic carbocycles. The molecule has 1 aliphatic rings. The fourth-order valence-corrected chi connectivity index (χ4v) is 2.77. The lowest BCUT2D eigenvalue weighted by Gasteiger charge is -2.18. The standard InChI is InChI=1S/C18H13BF3NO/c19-14-6-7-16-13(10-14)8-9-23(16)11-15(17(24)18(20,21)22)12-4-2-1-3-5-12/h1-7,10-11H,8-9H2/b15-11-. The van der Waals surface area contributed by atoms with Crippen LogP contribution in [-0.4, -0.2) is 26.4 Å². The number of allylic oxidation sites excluding steroid dienone is 1. The third-order valence-corrected chi connectivity index (χ3v) is 3.91. The highest BCUT2D eigenvalue weighted by atomic mass is 19.4. The molecule has 120 valence electrons. The van der Waals surface area contributed by atoms with Crippen molar-refractivity contribution in [2.75, 3.05) is 11.4 Å². The van der Waals surface area contributed by atoms with Crippen LogP contribution in [0.25, 0.3) is 5.57 Å². The summed E-state index contributed by atoms with van der Waals surface area (Å²) < 4.78 is 38.9. The molecule has 6 heteroatoms. The van der Waals surface area contributed by atoms with Gasteiger partial charge in [-0.25, -0.2) is 0 Å². The molecule has 0 saturated carbocycles. The summed E-state index contributed by atoms with van der Waals surface area (Å²) in [5, 5.41) is 0. The highest BCUT2D eigenvalue weighted by Gasteiger charge is 2.41. The second kappa shape index (κ2) is 6.19. The van der Waals surface area contributed by atoms with Crippen LogP contribution in [0.4, 0.5) is 18.9 Å². The monoisotopic (exact) mass is 327 g/mol. The lowest BCUT2D eigenvalue weighted by molar-refractivity contribution is -0.164. The molecular weight excluding hydrogens is 314 g/mol. The van der Waals surface area contributed by atoms with Crippen molar-refractivity contribution >= 4 is 30.4 Å². The van der Waals surface area contributed by atoms with Gasteiger partial charge in [0.1, 0.15) is 7.85 Å². The van der Waals surface area contributed by atoms with Gasteiger partial charge < -0.3 is 4.90 Å². The Morgan fingerprint density at radius 1 is 1.12 bits per heavy atom. The predicted molar refractivity (Wildman–Crippen MR) is 88.4 cm³/mol. The summed E-state index contributed by atoms with van der Waals surface area (Å²) in [5.74, 6) is -1.85. The number of ketones is 1. The molecule has 0 amide bonds. The Kier molecular flexibility index (Phi) is 4.22. The molecule has 1 aliphatic heterocycles. The number of rotatable bonds is 3. The van der Waals surface area contributed by atoms with E-state index >= 15 is 0 Å². The Balaban J connectivity index is 2.05. The summed E-state index contributed by atoms with van der Waals surface area (Å²) in [6.07, 6.45) is -2.97. The van der Waals surface area contributed by atoms with Gasteiger partial charge in [-0.05, 0) is 23.6 Å². The molecule has 0 N–H and O–H groups in total. The number of alkyl halides is 3. The van der Waals surface area contributed by atoms with E-state index in [9.17, 15) is 18.0 Å². The van der Waals surface area contributed by atoms with Crippen molar-refractivity contribution in [3.63, 3.8) is 0 Å². The molecule has 1 heterocycles. The smallest absolute Gasteiger partial charge is 0.347 e. The SMILES string of the molecule is [B]c1ccc2c(c1)CCN2/C=C(\C(=O)C(F)(F)F)c1ccccc1. The predicted octanol–water partition coefficient (Wildman–Crippen LogP) is 3.02. The van der Waals surface area contributed by atoms with Gasteiger partial charge in [-0.2, -0.15) is 13.2 Å². The van der Waals surface area contributed by atoms with Crippen molar-refractivity contribution in [2.45, 2.75) is 12.6 Å². The molecule has 0 fully saturated rings. The summed E-state index contributed by atoms with van der Waals surface area (Å²) in [5.41, 5.74) is 2.21. The molecule has 0 unspecified atom stereocenters. The van der Waals surface area contributed by atoms with Gasteiger partial charge in [0.05, 0.1) is 5.57 Å². The van der Waals surface area contributed by atoms with Gasteiger partial charge in [0.2, 0.25) is 0 Å². The highest BCUT2D eigenvalue weighted by Crippen LogP contribution is 2.32. The molecule has 2 nitrogen and oxygen atoms in total. The molecule has 24 heavy (non-hydrogen) atoms. The topological polar surface area (TPSA) is 20.3 Å². The first-order chi connectivity index (χ1) is 11.4. The van der Waals surface area contributed by atoms with Gasteiger partial charge in [0, 0.05) is 18.4 Å². The number of hydrogen-bond donors (Lipinski definition) is 0. The van der Waals surface area contributed by atoms with E-state index in [4.69, 9.17) is 7.85 Å². The number of benzene rings is 2. The van der Waals surface area contributed by atoms with Gasteiger partial charge in [-0.15, -0.1) is 0 Å². The van der Waals surface area contributed by atoms with Crippen LogP contribution in [0.5, 0.6) is 0 Å². The van der Waals surface area contributed by atoms with Crippen LogP contribution < -0.4 is 10.4 Å². The van der Waals surface area contributed by atoms with Gasteiger partial charge in [-0.1, -0.05) is 47.9 Å². The molecular formula is C18H13BF3NO. The summed E-state index contributed by atoms with van der Waals surface area (Å²) in [7, 11) is 5.74. The van der Waals surface area contributed by atoms with E-state index in [0.29, 0.717) is 18.4 Å². The lowest BCUT2D eigenvalue weighted by atomic mass is 9.93. The second-order valence-electron chi connectivity index (χ2n) is 5.57. The van der Waals surface area contributed by atoms with Crippen LogP contribution in [0, 0.1) is 0 Å². The maximum Gasteiger partial charge on any atom is 0.454 e. The minimum atomic E-state index is -4.93. The fourth-order valence-electron chi connectivity index (χ4n) is 2.77. The van der Waals surface area contributed by atoms with E-state index < -0.39 is 12.0 Å². The maximum absolute atomic E-state index is 13.0. The minimum Gasteiger partial charge on any atom is -0.347 e. The summed E-state index contributed by atoms with van der Waals surface area (Å²) in [4.78, 5) is 13.5. The van der Waals surface area contributed by atoms with Crippen LogP contribution in [0.1, 0.15) is 11.1 Å². The molecule has 0 saturated heterocycles. The Bertz CT molecular complexity index is 800. The number of Topliss-reactive ketones (excluding diaryl/α,β-unsaturated/α-hetero) is 1. The first-order valence-corrected chi connectivity index (χ1v) is 7.40. The number of hydrogen-bond acceptors (Lipinski definition) is 2. The van der Waals surface area contributed by atoms with Crippen molar-refractivity contribution in [3.05, 3.63) is 65.9 Å². The van der Waals surface area contributed by atoms with Crippen LogP contribution in [0.15, 0.2) is 54.7 Å². The largest absolute Gasteiger partial charge is 0.454 e. The van der Waals surface area contributed by atoms with Crippen LogP contribution in [0.3, 0.4) is 0 Å². The van der Waals surface area contributed by atoms with E-state index in [-0.39, 0.29) is 11.1 Å². The van der Waals surface area contributed by atoms with E-state index in [1.54, 1.807) is 41.3 Å². The molecule has 0 spiro atoms. The second-order valence-corrected chi connectivity index (χ2v) is 5.57. The zero-order chi connectivity index (χ0) is 17.3. The zero-order valence-electron chi connectivity index (χ0n) is 12.7. The maximum atomic E-state index is 13.0. The average Bonchev–Trinajstić information content (AvgIpc) is 2.94. The van der Waals surface area contributed by atoms with Gasteiger partial charge in [0.15, 0.2) is 0 Å². The van der Waals surface area contributed by atoms with Gasteiger partial charge in [0.25, 0.3) is 5.78 Å². The van der Waals surface area contributed by atoms with Crippen LogP contribution >= 0.6 is 0 Å². The number of carbonyl (C=O) groups is 1. The summed E-state index contributed by atoms with van der Waals surface area (Å²) in [6.45, 7) is 0.500. The van der Waals surface area contributed by atoms with E-state index in [1.165, 1.54) is 18.3 Å². The Hall–Kier alpha value is -2.50. The minimum absolute atomic E-state index is 0.240. The normalized spacial score (nSPS) is 14.6. The number of carbonyl (C=O) groups excluding carboxylic acids is 1. The summed E-state index contributed by atoms with van der Waals surface area (Å²) >= 11 is 0. The van der Waals surface area contributed by atoms with E-state index in [1.807, 2.05) is 0 Å². The fraction of sp³-hybridized carbons (Fsp3) is 0.167. The molecule has 2 radical (unpaired) electrons. The van der Waals surface area contributed by atoms with E-state index in [2.05, 4.69) is 0 Å². The highest BCUT2D eigenvalue weighted by molar-refractivity contribution is 6.32. The lowest BCUT2D eigenvalue weighted by Crippen LogP contribution is -2.26. The van der Waals surface area contributed by atoms with Crippen molar-refractivity contribution in [3.8, 4) is 0 Å².